The van der Waals surface area contributed by atoms with Crippen LogP contribution in [0.2, 0.25) is 5.02 Å². The number of nitrogens with zero attached hydrogens (tertiary/aromatic N) is 2. The summed E-state index contributed by atoms with van der Waals surface area (Å²) in [5.41, 5.74) is 1.05. The number of nitrogens with one attached hydrogen (secondary N) is 2. The molecule has 0 aliphatic heterocycles. The van der Waals surface area contributed by atoms with Crippen molar-refractivity contribution in [2.24, 2.45) is 0 Å². The lowest BCUT2D eigenvalue weighted by atomic mass is 10.2. The van der Waals surface area contributed by atoms with E-state index in [1.165, 1.54) is 24.3 Å². The van der Waals surface area contributed by atoms with Crippen LogP contribution in [-0.4, -0.2) is 23.2 Å². The molecule has 0 saturated heterocycles. The molecule has 26 heavy (non-hydrogen) atoms. The molecule has 3 aromatic rings. The maximum Gasteiger partial charge on any atom is 0.276 e. The predicted octanol–water partition coefficient (Wildman–Crippen LogP) is 4.27. The third kappa shape index (κ3) is 4.25. The number of methoxy groups -OCH3 is 1. The quantitative estimate of drug-likeness (QED) is 0.699. The van der Waals surface area contributed by atoms with Gasteiger partial charge in [0.2, 0.25) is 0 Å². The van der Waals surface area contributed by atoms with Gasteiger partial charge in [0.15, 0.2) is 11.5 Å². The van der Waals surface area contributed by atoms with Crippen molar-refractivity contribution in [1.82, 2.24) is 10.2 Å². The molecule has 0 unspecified atom stereocenters. The number of carbonyl (C=O) groups excluding carboxylic acids is 1. The molecule has 0 atom stereocenters. The number of anilines is 3. The van der Waals surface area contributed by atoms with Gasteiger partial charge in [-0.2, -0.15) is 0 Å². The highest BCUT2D eigenvalue weighted by Crippen LogP contribution is 2.29. The summed E-state index contributed by atoms with van der Waals surface area (Å²) in [4.78, 5) is 12.1. The first-order valence-electron chi connectivity index (χ1n) is 7.56. The highest BCUT2D eigenvalue weighted by molar-refractivity contribution is 6.31. The third-order valence-electron chi connectivity index (χ3n) is 3.40. The average Bonchev–Trinajstić information content (AvgIpc) is 2.62. The van der Waals surface area contributed by atoms with Gasteiger partial charge in [0.1, 0.15) is 11.6 Å². The number of hydrogen-bond donors (Lipinski definition) is 2. The lowest BCUT2D eigenvalue weighted by Crippen LogP contribution is -2.14. The molecule has 1 aromatic heterocycles. The third-order valence-corrected chi connectivity index (χ3v) is 3.64. The van der Waals surface area contributed by atoms with E-state index in [4.69, 9.17) is 16.3 Å². The molecule has 132 valence electrons. The van der Waals surface area contributed by atoms with Gasteiger partial charge in [-0.05, 0) is 48.5 Å². The zero-order valence-electron chi connectivity index (χ0n) is 13.7. The summed E-state index contributed by atoms with van der Waals surface area (Å²) < 4.78 is 18.4. The average molecular weight is 373 g/mol. The van der Waals surface area contributed by atoms with Gasteiger partial charge < -0.3 is 15.4 Å². The summed E-state index contributed by atoms with van der Waals surface area (Å²) in [6, 6.07) is 13.8. The van der Waals surface area contributed by atoms with Gasteiger partial charge in [-0.25, -0.2) is 4.39 Å². The Morgan fingerprint density at radius 1 is 1.12 bits per heavy atom. The van der Waals surface area contributed by atoms with E-state index in [1.807, 2.05) is 0 Å². The Kier molecular flexibility index (Phi) is 5.28. The van der Waals surface area contributed by atoms with E-state index in [1.54, 1.807) is 37.4 Å². The highest BCUT2D eigenvalue weighted by atomic mass is 35.5. The number of benzene rings is 2. The molecule has 0 bridgehead atoms. The van der Waals surface area contributed by atoms with E-state index in [9.17, 15) is 9.18 Å². The van der Waals surface area contributed by atoms with Crippen molar-refractivity contribution < 1.29 is 13.9 Å². The maximum atomic E-state index is 13.2. The normalized spacial score (nSPS) is 10.3. The fourth-order valence-electron chi connectivity index (χ4n) is 2.20. The molecule has 0 spiro atoms. The number of aromatic nitrogens is 2. The van der Waals surface area contributed by atoms with Crippen LogP contribution in [0.4, 0.5) is 21.6 Å². The van der Waals surface area contributed by atoms with Crippen LogP contribution in [0.15, 0.2) is 54.6 Å². The monoisotopic (exact) mass is 372 g/mol. The minimum Gasteiger partial charge on any atom is -0.495 e. The van der Waals surface area contributed by atoms with Crippen LogP contribution in [0.5, 0.6) is 5.75 Å². The molecular formula is C18H14ClFN4O2. The summed E-state index contributed by atoms with van der Waals surface area (Å²) in [6.07, 6.45) is 0. The first-order valence-corrected chi connectivity index (χ1v) is 7.94. The Morgan fingerprint density at radius 3 is 2.65 bits per heavy atom. The fourth-order valence-corrected chi connectivity index (χ4v) is 2.37. The first-order chi connectivity index (χ1) is 12.5. The van der Waals surface area contributed by atoms with E-state index < -0.39 is 11.7 Å². The zero-order valence-corrected chi connectivity index (χ0v) is 14.4. The topological polar surface area (TPSA) is 76.1 Å². The summed E-state index contributed by atoms with van der Waals surface area (Å²) in [6.45, 7) is 0. The molecule has 0 fully saturated rings. The molecule has 0 radical (unpaired) electrons. The molecule has 2 N–H and O–H groups in total. The van der Waals surface area contributed by atoms with Gasteiger partial charge in [-0.15, -0.1) is 10.2 Å². The Bertz CT molecular complexity index is 935. The second-order valence-corrected chi connectivity index (χ2v) is 5.67. The molecule has 3 rings (SSSR count). The second kappa shape index (κ2) is 7.79. The number of carbonyl (C=O) groups is 1. The lowest BCUT2D eigenvalue weighted by molar-refractivity contribution is 0.102. The Hall–Kier alpha value is -3.19. The van der Waals surface area contributed by atoms with Gasteiger partial charge in [0.25, 0.3) is 5.91 Å². The van der Waals surface area contributed by atoms with E-state index in [0.29, 0.717) is 28.0 Å². The Balaban J connectivity index is 1.72. The van der Waals surface area contributed by atoms with Crippen LogP contribution in [0.25, 0.3) is 0 Å². The van der Waals surface area contributed by atoms with Gasteiger partial charge in [0.05, 0.1) is 12.8 Å². The predicted molar refractivity (Wildman–Crippen MR) is 97.7 cm³/mol. The molecular weight excluding hydrogens is 359 g/mol. The smallest absolute Gasteiger partial charge is 0.276 e. The van der Waals surface area contributed by atoms with Crippen molar-refractivity contribution in [3.8, 4) is 5.75 Å². The van der Waals surface area contributed by atoms with Crippen molar-refractivity contribution in [3.05, 3.63) is 71.1 Å². The lowest BCUT2D eigenvalue weighted by Gasteiger charge is -2.10. The summed E-state index contributed by atoms with van der Waals surface area (Å²) in [5, 5.41) is 14.0. The van der Waals surface area contributed by atoms with Crippen LogP contribution in [-0.2, 0) is 0 Å². The molecule has 0 aliphatic carbocycles. The molecule has 1 amide bonds. The molecule has 1 heterocycles. The van der Waals surface area contributed by atoms with E-state index in [0.717, 1.165) is 0 Å². The van der Waals surface area contributed by atoms with Crippen LogP contribution in [0.3, 0.4) is 0 Å². The van der Waals surface area contributed by atoms with E-state index in [-0.39, 0.29) is 5.69 Å². The van der Waals surface area contributed by atoms with E-state index in [2.05, 4.69) is 20.8 Å². The summed E-state index contributed by atoms with van der Waals surface area (Å²) in [7, 11) is 1.54. The number of ether oxygens (including phenoxy) is 1. The van der Waals surface area contributed by atoms with Crippen molar-refractivity contribution >= 4 is 34.7 Å². The summed E-state index contributed by atoms with van der Waals surface area (Å²) >= 11 is 5.98. The molecule has 2 aromatic carbocycles. The number of amides is 1. The van der Waals surface area contributed by atoms with Crippen molar-refractivity contribution in [2.45, 2.75) is 0 Å². The molecule has 0 saturated carbocycles. The van der Waals surface area contributed by atoms with Gasteiger partial charge >= 0.3 is 0 Å². The molecule has 6 nitrogen and oxygen atoms in total. The van der Waals surface area contributed by atoms with Crippen LogP contribution in [0, 0.1) is 5.82 Å². The van der Waals surface area contributed by atoms with Crippen LogP contribution >= 0.6 is 11.6 Å². The SMILES string of the molecule is COc1ccc(Cl)cc1Nc1ccc(C(=O)Nc2cccc(F)c2)nn1. The van der Waals surface area contributed by atoms with Gasteiger partial charge in [0, 0.05) is 10.7 Å². The van der Waals surface area contributed by atoms with E-state index >= 15 is 0 Å². The largest absolute Gasteiger partial charge is 0.495 e. The number of halogens is 2. The fraction of sp³-hybridized carbons (Fsp3) is 0.0556. The van der Waals surface area contributed by atoms with Crippen LogP contribution in [0.1, 0.15) is 10.5 Å². The van der Waals surface area contributed by atoms with Crippen molar-refractivity contribution in [1.29, 1.82) is 0 Å². The van der Waals surface area contributed by atoms with Gasteiger partial charge in [-0.1, -0.05) is 17.7 Å². The van der Waals surface area contributed by atoms with Gasteiger partial charge in [-0.3, -0.25) is 4.79 Å². The number of rotatable bonds is 5. The number of hydrogen-bond acceptors (Lipinski definition) is 5. The molecule has 8 heteroatoms. The second-order valence-electron chi connectivity index (χ2n) is 5.24. The minimum absolute atomic E-state index is 0.0953. The Labute approximate surface area is 154 Å². The summed E-state index contributed by atoms with van der Waals surface area (Å²) in [5.74, 6) is 0.0656. The minimum atomic E-state index is -0.491. The van der Waals surface area contributed by atoms with Crippen LogP contribution < -0.4 is 15.4 Å². The standard InChI is InChI=1S/C18H14ClFN4O2/c1-26-16-7-5-11(19)9-15(16)22-17-8-6-14(23-24-17)18(25)21-13-4-2-3-12(20)10-13/h2-10H,1H3,(H,21,25)(H,22,24). The van der Waals surface area contributed by atoms with Crippen molar-refractivity contribution in [3.63, 3.8) is 0 Å². The highest BCUT2D eigenvalue weighted by Gasteiger charge is 2.10. The van der Waals surface area contributed by atoms with Crippen molar-refractivity contribution in [2.75, 3.05) is 17.7 Å². The Morgan fingerprint density at radius 2 is 1.96 bits per heavy atom. The molecule has 0 aliphatic rings. The zero-order chi connectivity index (χ0) is 18.5. The first kappa shape index (κ1) is 17.6. The maximum absolute atomic E-state index is 13.2.